The second kappa shape index (κ2) is 7.28. The fraction of sp³-hybridized carbons (Fsp3) is 0.286. The average molecular weight is 315 g/mol. The van der Waals surface area contributed by atoms with Gasteiger partial charge in [-0.2, -0.15) is 0 Å². The SMILES string of the molecule is O=C(NCCOCC(F)F)c1cc(Cl)c2ccccc2n1. The van der Waals surface area contributed by atoms with Crippen molar-refractivity contribution >= 4 is 28.4 Å². The summed E-state index contributed by atoms with van der Waals surface area (Å²) in [7, 11) is 0. The van der Waals surface area contributed by atoms with Crippen LogP contribution in [0.15, 0.2) is 30.3 Å². The Labute approximate surface area is 125 Å². The Balaban J connectivity index is 1.96. The van der Waals surface area contributed by atoms with Gasteiger partial charge in [0.1, 0.15) is 12.3 Å². The molecule has 0 aliphatic heterocycles. The highest BCUT2D eigenvalue weighted by Gasteiger charge is 2.10. The van der Waals surface area contributed by atoms with Gasteiger partial charge in [-0.05, 0) is 12.1 Å². The van der Waals surface area contributed by atoms with E-state index in [9.17, 15) is 13.6 Å². The van der Waals surface area contributed by atoms with Crippen LogP contribution in [0.2, 0.25) is 5.02 Å². The summed E-state index contributed by atoms with van der Waals surface area (Å²) in [6.07, 6.45) is -2.51. The van der Waals surface area contributed by atoms with Gasteiger partial charge in [0, 0.05) is 11.9 Å². The minimum absolute atomic E-state index is 0.0113. The summed E-state index contributed by atoms with van der Waals surface area (Å²) >= 11 is 6.10. The van der Waals surface area contributed by atoms with Gasteiger partial charge in [0.15, 0.2) is 0 Å². The number of carbonyl (C=O) groups is 1. The summed E-state index contributed by atoms with van der Waals surface area (Å²) in [6, 6.07) is 8.66. The molecule has 0 radical (unpaired) electrons. The van der Waals surface area contributed by atoms with Crippen LogP contribution in [0.3, 0.4) is 0 Å². The number of amides is 1. The van der Waals surface area contributed by atoms with Crippen molar-refractivity contribution in [1.82, 2.24) is 10.3 Å². The number of nitrogens with one attached hydrogen (secondary N) is 1. The predicted molar refractivity (Wildman–Crippen MR) is 75.9 cm³/mol. The standard InChI is InChI=1S/C14H13ClF2N2O2/c15-10-7-12(19-11-4-2-1-3-9(10)11)14(20)18-5-6-21-8-13(16)17/h1-4,7,13H,5-6,8H2,(H,18,20). The van der Waals surface area contributed by atoms with E-state index in [1.54, 1.807) is 12.1 Å². The minimum Gasteiger partial charge on any atom is -0.374 e. The number of hydrogen-bond donors (Lipinski definition) is 1. The van der Waals surface area contributed by atoms with Crippen LogP contribution in [-0.2, 0) is 4.74 Å². The van der Waals surface area contributed by atoms with Crippen molar-refractivity contribution in [3.8, 4) is 0 Å². The average Bonchev–Trinajstić information content (AvgIpc) is 2.46. The second-order valence-corrected chi connectivity index (χ2v) is 4.64. The van der Waals surface area contributed by atoms with Crippen LogP contribution in [-0.4, -0.2) is 37.1 Å². The topological polar surface area (TPSA) is 51.2 Å². The zero-order valence-electron chi connectivity index (χ0n) is 11.0. The van der Waals surface area contributed by atoms with Gasteiger partial charge in [-0.3, -0.25) is 4.79 Å². The molecule has 0 fully saturated rings. The first-order chi connectivity index (χ1) is 10.1. The molecule has 2 rings (SSSR count). The maximum Gasteiger partial charge on any atom is 0.270 e. The highest BCUT2D eigenvalue weighted by Crippen LogP contribution is 2.22. The molecule has 21 heavy (non-hydrogen) atoms. The highest BCUT2D eigenvalue weighted by molar-refractivity contribution is 6.35. The van der Waals surface area contributed by atoms with E-state index >= 15 is 0 Å². The second-order valence-electron chi connectivity index (χ2n) is 4.23. The van der Waals surface area contributed by atoms with Crippen LogP contribution in [0, 0.1) is 0 Å². The molecule has 0 saturated heterocycles. The fourth-order valence-corrected chi connectivity index (χ4v) is 2.01. The number of para-hydroxylation sites is 1. The molecular formula is C14H13ClF2N2O2. The van der Waals surface area contributed by atoms with E-state index in [2.05, 4.69) is 15.0 Å². The van der Waals surface area contributed by atoms with Gasteiger partial charge in [-0.15, -0.1) is 0 Å². The largest absolute Gasteiger partial charge is 0.374 e. The number of fused-ring (bicyclic) bond motifs is 1. The van der Waals surface area contributed by atoms with Crippen molar-refractivity contribution < 1.29 is 18.3 Å². The van der Waals surface area contributed by atoms with Gasteiger partial charge in [0.05, 0.1) is 17.1 Å². The van der Waals surface area contributed by atoms with E-state index in [1.807, 2.05) is 12.1 Å². The molecule has 0 atom stereocenters. The van der Waals surface area contributed by atoms with Crippen LogP contribution in [0.4, 0.5) is 8.78 Å². The van der Waals surface area contributed by atoms with Crippen molar-refractivity contribution in [1.29, 1.82) is 0 Å². The summed E-state index contributed by atoms with van der Waals surface area (Å²) in [5.41, 5.74) is 0.789. The first kappa shape index (κ1) is 15.6. The number of benzene rings is 1. The van der Waals surface area contributed by atoms with Gasteiger partial charge >= 0.3 is 0 Å². The van der Waals surface area contributed by atoms with Crippen molar-refractivity contribution in [2.75, 3.05) is 19.8 Å². The Morgan fingerprint density at radius 2 is 2.14 bits per heavy atom. The van der Waals surface area contributed by atoms with E-state index in [0.29, 0.717) is 10.5 Å². The van der Waals surface area contributed by atoms with Gasteiger partial charge < -0.3 is 10.1 Å². The summed E-state index contributed by atoms with van der Waals surface area (Å²) < 4.78 is 28.3. The molecular weight excluding hydrogens is 302 g/mol. The normalized spacial score (nSPS) is 11.0. The summed E-state index contributed by atoms with van der Waals surface area (Å²) in [5, 5.41) is 3.73. The Hall–Kier alpha value is -1.79. The smallest absolute Gasteiger partial charge is 0.270 e. The number of aromatic nitrogens is 1. The van der Waals surface area contributed by atoms with E-state index < -0.39 is 18.9 Å². The molecule has 4 nitrogen and oxygen atoms in total. The Kier molecular flexibility index (Phi) is 5.41. The van der Waals surface area contributed by atoms with Crippen LogP contribution < -0.4 is 5.32 Å². The third-order valence-corrected chi connectivity index (χ3v) is 2.99. The van der Waals surface area contributed by atoms with Crippen LogP contribution >= 0.6 is 11.6 Å². The Bertz CT molecular complexity index is 637. The summed E-state index contributed by atoms with van der Waals surface area (Å²) in [5.74, 6) is -0.427. The molecule has 0 saturated carbocycles. The number of pyridine rings is 1. The lowest BCUT2D eigenvalue weighted by atomic mass is 10.2. The Morgan fingerprint density at radius 1 is 1.38 bits per heavy atom. The van der Waals surface area contributed by atoms with E-state index in [0.717, 1.165) is 5.39 Å². The van der Waals surface area contributed by atoms with E-state index in [4.69, 9.17) is 11.6 Å². The molecule has 0 aliphatic carbocycles. The monoisotopic (exact) mass is 314 g/mol. The molecule has 0 bridgehead atoms. The van der Waals surface area contributed by atoms with Crippen molar-refractivity contribution in [2.45, 2.75) is 6.43 Å². The third kappa shape index (κ3) is 4.34. The molecule has 1 heterocycles. The van der Waals surface area contributed by atoms with Gasteiger partial charge in [-0.25, -0.2) is 13.8 Å². The van der Waals surface area contributed by atoms with Gasteiger partial charge in [-0.1, -0.05) is 29.8 Å². The molecule has 7 heteroatoms. The molecule has 112 valence electrons. The number of carbonyl (C=O) groups excluding carboxylic acids is 1. The number of halogens is 3. The van der Waals surface area contributed by atoms with Crippen molar-refractivity contribution in [3.05, 3.63) is 41.0 Å². The van der Waals surface area contributed by atoms with Crippen LogP contribution in [0.1, 0.15) is 10.5 Å². The molecule has 0 unspecified atom stereocenters. The minimum atomic E-state index is -2.51. The predicted octanol–water partition coefficient (Wildman–Crippen LogP) is 2.90. The molecule has 1 amide bonds. The van der Waals surface area contributed by atoms with E-state index in [-0.39, 0.29) is 18.8 Å². The zero-order valence-corrected chi connectivity index (χ0v) is 11.7. The summed E-state index contributed by atoms with van der Waals surface area (Å²) in [4.78, 5) is 16.1. The van der Waals surface area contributed by atoms with Crippen molar-refractivity contribution in [3.63, 3.8) is 0 Å². The third-order valence-electron chi connectivity index (χ3n) is 2.67. The molecule has 0 aliphatic rings. The quantitative estimate of drug-likeness (QED) is 0.834. The fourth-order valence-electron chi connectivity index (χ4n) is 1.75. The molecule has 1 aromatic heterocycles. The first-order valence-corrected chi connectivity index (χ1v) is 6.65. The van der Waals surface area contributed by atoms with Crippen LogP contribution in [0.5, 0.6) is 0 Å². The van der Waals surface area contributed by atoms with E-state index in [1.165, 1.54) is 6.07 Å². The lowest BCUT2D eigenvalue weighted by Gasteiger charge is -2.07. The van der Waals surface area contributed by atoms with Gasteiger partial charge in [0.25, 0.3) is 12.3 Å². The zero-order chi connectivity index (χ0) is 15.2. The number of ether oxygens (including phenoxy) is 1. The highest BCUT2D eigenvalue weighted by atomic mass is 35.5. The maximum atomic E-state index is 11.9. The molecule has 2 aromatic rings. The number of rotatable bonds is 6. The van der Waals surface area contributed by atoms with Crippen LogP contribution in [0.25, 0.3) is 10.9 Å². The maximum absolute atomic E-state index is 11.9. The number of hydrogen-bond acceptors (Lipinski definition) is 3. The van der Waals surface area contributed by atoms with Crippen molar-refractivity contribution in [2.24, 2.45) is 0 Å². The first-order valence-electron chi connectivity index (χ1n) is 6.27. The Morgan fingerprint density at radius 3 is 2.90 bits per heavy atom. The molecule has 0 spiro atoms. The molecule has 1 aromatic carbocycles. The molecule has 1 N–H and O–H groups in total. The summed E-state index contributed by atoms with van der Waals surface area (Å²) in [6.45, 7) is -0.509. The van der Waals surface area contributed by atoms with Gasteiger partial charge in [0.2, 0.25) is 0 Å². The lowest BCUT2D eigenvalue weighted by molar-refractivity contribution is 0.0188. The lowest BCUT2D eigenvalue weighted by Crippen LogP contribution is -2.28. The number of nitrogens with zero attached hydrogens (tertiary/aromatic N) is 1. The number of alkyl halides is 2.